The Kier molecular flexibility index (Phi) is 5.99. The number of nitro benzene ring substituents is 1. The molecule has 2 aromatic rings. The van der Waals surface area contributed by atoms with Crippen molar-refractivity contribution in [2.45, 2.75) is 30.4 Å². The number of benzene rings is 1. The van der Waals surface area contributed by atoms with Crippen molar-refractivity contribution >= 4 is 27.1 Å². The molecule has 0 unspecified atom stereocenters. The number of hydrogen-bond donors (Lipinski definition) is 1. The molecule has 11 nitrogen and oxygen atoms in total. The molecule has 0 radical (unpaired) electrons. The Bertz CT molecular complexity index is 1010. The first-order valence-electron chi connectivity index (χ1n) is 9.71. The van der Waals surface area contributed by atoms with Crippen LogP contribution in [-0.2, 0) is 26.0 Å². The number of sulfonamides is 1. The van der Waals surface area contributed by atoms with Gasteiger partial charge < -0.3 is 14.8 Å². The van der Waals surface area contributed by atoms with Crippen LogP contribution >= 0.6 is 0 Å². The van der Waals surface area contributed by atoms with Crippen LogP contribution in [-0.4, -0.2) is 66.4 Å². The smallest absolute Gasteiger partial charge is 0.294 e. The summed E-state index contributed by atoms with van der Waals surface area (Å²) >= 11 is 0. The van der Waals surface area contributed by atoms with Crippen LogP contribution in [0.4, 0.5) is 17.1 Å². The minimum Gasteiger partial charge on any atom is -0.379 e. The molecule has 0 amide bonds. The van der Waals surface area contributed by atoms with Crippen molar-refractivity contribution in [1.82, 2.24) is 14.1 Å². The van der Waals surface area contributed by atoms with Gasteiger partial charge in [0.25, 0.3) is 5.69 Å². The third-order valence-corrected chi connectivity index (χ3v) is 7.00. The van der Waals surface area contributed by atoms with Crippen molar-refractivity contribution in [2.24, 2.45) is 0 Å². The Balaban J connectivity index is 1.54. The van der Waals surface area contributed by atoms with Crippen LogP contribution in [0.5, 0.6) is 0 Å². The molecule has 1 aromatic heterocycles. The van der Waals surface area contributed by atoms with Gasteiger partial charge in [0.15, 0.2) is 0 Å². The summed E-state index contributed by atoms with van der Waals surface area (Å²) in [5.41, 5.74) is 0.439. The summed E-state index contributed by atoms with van der Waals surface area (Å²) in [5.74, 6) is 0. The van der Waals surface area contributed by atoms with E-state index in [0.717, 1.165) is 25.5 Å². The third kappa shape index (κ3) is 4.46. The van der Waals surface area contributed by atoms with Gasteiger partial charge in [0, 0.05) is 32.0 Å². The highest BCUT2D eigenvalue weighted by atomic mass is 32.2. The van der Waals surface area contributed by atoms with Gasteiger partial charge in [0.05, 0.1) is 47.6 Å². The molecule has 1 atom stereocenters. The maximum absolute atomic E-state index is 12.8. The fourth-order valence-electron chi connectivity index (χ4n) is 3.55. The summed E-state index contributed by atoms with van der Waals surface area (Å²) in [6, 6.07) is 3.86. The lowest BCUT2D eigenvalue weighted by atomic mass is 10.2. The number of anilines is 2. The van der Waals surface area contributed by atoms with Crippen molar-refractivity contribution < 1.29 is 22.8 Å². The van der Waals surface area contributed by atoms with E-state index in [1.54, 1.807) is 17.1 Å². The summed E-state index contributed by atoms with van der Waals surface area (Å²) in [7, 11) is -3.83. The molecule has 0 spiro atoms. The van der Waals surface area contributed by atoms with Gasteiger partial charge in [-0.2, -0.15) is 9.40 Å². The van der Waals surface area contributed by atoms with Crippen molar-refractivity contribution in [3.63, 3.8) is 0 Å². The maximum atomic E-state index is 12.8. The highest BCUT2D eigenvalue weighted by Gasteiger charge is 2.29. The number of nitrogens with zero attached hydrogens (tertiary/aromatic N) is 4. The zero-order valence-electron chi connectivity index (χ0n) is 16.3. The first-order valence-corrected chi connectivity index (χ1v) is 11.1. The maximum Gasteiger partial charge on any atom is 0.294 e. The first-order chi connectivity index (χ1) is 14.4. The average molecular weight is 437 g/mol. The van der Waals surface area contributed by atoms with Gasteiger partial charge in [-0.1, -0.05) is 0 Å². The van der Waals surface area contributed by atoms with Gasteiger partial charge in [-0.3, -0.25) is 14.8 Å². The second-order valence-electron chi connectivity index (χ2n) is 7.16. The number of nitro groups is 1. The number of ether oxygens (including phenoxy) is 2. The fraction of sp³-hybridized carbons (Fsp3) is 0.500. The van der Waals surface area contributed by atoms with E-state index in [9.17, 15) is 18.5 Å². The summed E-state index contributed by atoms with van der Waals surface area (Å²) in [4.78, 5) is 10.9. The standard InChI is InChI=1S/C18H23N5O6S/c24-23(25)18-10-16(30(26,27)22-5-8-28-9-6-22)3-4-17(18)20-14-11-19-21(12-14)13-15-2-1-7-29-15/h3-4,10-12,15,20H,1-2,5-9,13H2/t15-/m1/s1. The van der Waals surface area contributed by atoms with E-state index in [-0.39, 0.29) is 35.5 Å². The molecule has 0 bridgehead atoms. The zero-order valence-corrected chi connectivity index (χ0v) is 17.1. The molecule has 3 heterocycles. The number of aromatic nitrogens is 2. The molecular weight excluding hydrogens is 414 g/mol. The molecule has 30 heavy (non-hydrogen) atoms. The Morgan fingerprint density at radius 3 is 2.77 bits per heavy atom. The van der Waals surface area contributed by atoms with Crippen LogP contribution in [0.3, 0.4) is 0 Å². The Hall–Kier alpha value is -2.54. The van der Waals surface area contributed by atoms with Crippen LogP contribution in [0.1, 0.15) is 12.8 Å². The van der Waals surface area contributed by atoms with Crippen LogP contribution in [0.25, 0.3) is 0 Å². The molecule has 2 aliphatic heterocycles. The lowest BCUT2D eigenvalue weighted by Crippen LogP contribution is -2.40. The first kappa shape index (κ1) is 20.7. The van der Waals surface area contributed by atoms with Gasteiger partial charge in [-0.25, -0.2) is 8.42 Å². The van der Waals surface area contributed by atoms with E-state index in [2.05, 4.69) is 10.4 Å². The quantitative estimate of drug-likeness (QED) is 0.512. The minimum absolute atomic E-state index is 0.115. The Labute approximate surface area is 173 Å². The second kappa shape index (κ2) is 8.68. The number of hydrogen-bond acceptors (Lipinski definition) is 8. The highest BCUT2D eigenvalue weighted by Crippen LogP contribution is 2.31. The molecule has 2 saturated heterocycles. The summed E-state index contributed by atoms with van der Waals surface area (Å²) in [6.07, 6.45) is 5.44. The molecule has 0 aliphatic carbocycles. The number of nitrogens with one attached hydrogen (secondary N) is 1. The normalized spacial score (nSPS) is 20.3. The van der Waals surface area contributed by atoms with Gasteiger partial charge in [0.2, 0.25) is 10.0 Å². The molecule has 0 saturated carbocycles. The van der Waals surface area contributed by atoms with E-state index in [1.165, 1.54) is 16.4 Å². The van der Waals surface area contributed by atoms with Crippen LogP contribution < -0.4 is 5.32 Å². The van der Waals surface area contributed by atoms with Gasteiger partial charge >= 0.3 is 0 Å². The molecule has 1 aromatic carbocycles. The van der Waals surface area contributed by atoms with Gasteiger partial charge in [-0.15, -0.1) is 0 Å². The van der Waals surface area contributed by atoms with Crippen LogP contribution in [0, 0.1) is 10.1 Å². The fourth-order valence-corrected chi connectivity index (χ4v) is 4.97. The summed E-state index contributed by atoms with van der Waals surface area (Å²) in [6.45, 7) is 2.41. The highest BCUT2D eigenvalue weighted by molar-refractivity contribution is 7.89. The molecule has 162 valence electrons. The van der Waals surface area contributed by atoms with E-state index in [1.807, 2.05) is 0 Å². The number of rotatable bonds is 7. The zero-order chi connectivity index (χ0) is 21.1. The molecule has 2 fully saturated rings. The van der Waals surface area contributed by atoms with E-state index in [0.29, 0.717) is 25.4 Å². The number of morpholine rings is 1. The van der Waals surface area contributed by atoms with E-state index >= 15 is 0 Å². The van der Waals surface area contributed by atoms with Gasteiger partial charge in [0.1, 0.15) is 5.69 Å². The predicted molar refractivity (Wildman–Crippen MR) is 107 cm³/mol. The molecule has 2 aliphatic rings. The Morgan fingerprint density at radius 2 is 2.07 bits per heavy atom. The van der Waals surface area contributed by atoms with Crippen molar-refractivity contribution in [3.8, 4) is 0 Å². The van der Waals surface area contributed by atoms with Crippen LogP contribution in [0.15, 0.2) is 35.5 Å². The molecule has 4 rings (SSSR count). The van der Waals surface area contributed by atoms with Crippen molar-refractivity contribution in [3.05, 3.63) is 40.7 Å². The molecule has 12 heteroatoms. The Morgan fingerprint density at radius 1 is 1.27 bits per heavy atom. The van der Waals surface area contributed by atoms with Crippen LogP contribution in [0.2, 0.25) is 0 Å². The molecular formula is C18H23N5O6S. The minimum atomic E-state index is -3.83. The predicted octanol–water partition coefficient (Wildman–Crippen LogP) is 1.73. The summed E-state index contributed by atoms with van der Waals surface area (Å²) in [5, 5.41) is 18.8. The average Bonchev–Trinajstić information content (AvgIpc) is 3.41. The lowest BCUT2D eigenvalue weighted by Gasteiger charge is -2.26. The van der Waals surface area contributed by atoms with Crippen molar-refractivity contribution in [1.29, 1.82) is 0 Å². The summed E-state index contributed by atoms with van der Waals surface area (Å²) < 4.78 is 39.4. The molecule has 1 N–H and O–H groups in total. The monoisotopic (exact) mass is 437 g/mol. The topological polar surface area (TPSA) is 129 Å². The van der Waals surface area contributed by atoms with E-state index < -0.39 is 14.9 Å². The lowest BCUT2D eigenvalue weighted by molar-refractivity contribution is -0.384. The largest absolute Gasteiger partial charge is 0.379 e. The van der Waals surface area contributed by atoms with Crippen molar-refractivity contribution in [2.75, 3.05) is 38.2 Å². The second-order valence-corrected chi connectivity index (χ2v) is 9.10. The SMILES string of the molecule is O=[N+]([O-])c1cc(S(=O)(=O)N2CCOCC2)ccc1Nc1cnn(C[C@H]2CCCO2)c1. The third-order valence-electron chi connectivity index (χ3n) is 5.10. The van der Waals surface area contributed by atoms with Gasteiger partial charge in [-0.05, 0) is 25.0 Å². The van der Waals surface area contributed by atoms with E-state index in [4.69, 9.17) is 9.47 Å².